The minimum Gasteiger partial charge on any atom is -0.494 e. The molecular formula is C26H32N2O3S. The maximum absolute atomic E-state index is 12.9. The Morgan fingerprint density at radius 2 is 1.78 bits per heavy atom. The summed E-state index contributed by atoms with van der Waals surface area (Å²) in [6.45, 7) is 8.49. The van der Waals surface area contributed by atoms with E-state index in [0.717, 1.165) is 42.3 Å². The van der Waals surface area contributed by atoms with Crippen LogP contribution in [0.2, 0.25) is 0 Å². The van der Waals surface area contributed by atoms with Crippen molar-refractivity contribution in [3.05, 3.63) is 53.1 Å². The molecule has 1 saturated heterocycles. The number of carbonyl (C=O) groups is 1. The van der Waals surface area contributed by atoms with Gasteiger partial charge in [-0.25, -0.2) is 4.98 Å². The SMILES string of the molecule is CCCCCOc1ccc(C(=O)N2CCC(Oc3nc4c(C)ccc(C)c4s3)CC2)cc1. The van der Waals surface area contributed by atoms with E-state index in [-0.39, 0.29) is 12.0 Å². The third kappa shape index (κ3) is 5.23. The third-order valence-electron chi connectivity index (χ3n) is 6.04. The fourth-order valence-corrected chi connectivity index (χ4v) is 5.06. The third-order valence-corrected chi connectivity index (χ3v) is 7.12. The molecule has 2 aromatic carbocycles. The summed E-state index contributed by atoms with van der Waals surface area (Å²) in [5.41, 5.74) is 4.16. The molecule has 2 heterocycles. The molecule has 0 spiro atoms. The summed E-state index contributed by atoms with van der Waals surface area (Å²) in [5.74, 6) is 0.901. The molecule has 0 saturated carbocycles. The van der Waals surface area contributed by atoms with Gasteiger partial charge in [0.1, 0.15) is 11.9 Å². The van der Waals surface area contributed by atoms with Crippen LogP contribution in [0.4, 0.5) is 0 Å². The van der Waals surface area contributed by atoms with Crippen LogP contribution in [0.25, 0.3) is 10.2 Å². The van der Waals surface area contributed by atoms with Crippen LogP contribution >= 0.6 is 11.3 Å². The van der Waals surface area contributed by atoms with Gasteiger partial charge in [-0.1, -0.05) is 43.2 Å². The Bertz CT molecular complexity index is 1010. The number of rotatable bonds is 8. The summed E-state index contributed by atoms with van der Waals surface area (Å²) >= 11 is 1.62. The topological polar surface area (TPSA) is 51.7 Å². The molecule has 0 unspecified atom stereocenters. The number of carbonyl (C=O) groups excluding carboxylic acids is 1. The highest BCUT2D eigenvalue weighted by molar-refractivity contribution is 7.20. The minimum atomic E-state index is 0.0761. The van der Waals surface area contributed by atoms with E-state index in [1.807, 2.05) is 29.2 Å². The number of hydrogen-bond donors (Lipinski definition) is 0. The van der Waals surface area contributed by atoms with Gasteiger partial charge in [0.05, 0.1) is 16.8 Å². The van der Waals surface area contributed by atoms with Crippen LogP contribution in [0.1, 0.15) is 60.5 Å². The number of nitrogens with zero attached hydrogens (tertiary/aromatic N) is 2. The van der Waals surface area contributed by atoms with Gasteiger partial charge in [0, 0.05) is 31.5 Å². The van der Waals surface area contributed by atoms with Gasteiger partial charge < -0.3 is 14.4 Å². The molecule has 0 atom stereocenters. The zero-order chi connectivity index (χ0) is 22.5. The smallest absolute Gasteiger partial charge is 0.274 e. The summed E-state index contributed by atoms with van der Waals surface area (Å²) in [4.78, 5) is 19.5. The average Bonchev–Trinajstić information content (AvgIpc) is 3.25. The number of fused-ring (bicyclic) bond motifs is 1. The van der Waals surface area contributed by atoms with Crippen molar-refractivity contribution >= 4 is 27.5 Å². The van der Waals surface area contributed by atoms with Crippen LogP contribution in [-0.4, -0.2) is 41.6 Å². The van der Waals surface area contributed by atoms with Crippen LogP contribution in [0.5, 0.6) is 10.9 Å². The number of aryl methyl sites for hydroxylation is 2. The Balaban J connectivity index is 1.29. The molecule has 3 aromatic rings. The number of hydrogen-bond acceptors (Lipinski definition) is 5. The summed E-state index contributed by atoms with van der Waals surface area (Å²) in [6.07, 6.45) is 5.15. The van der Waals surface area contributed by atoms with E-state index in [2.05, 4.69) is 32.9 Å². The first-order valence-electron chi connectivity index (χ1n) is 11.6. The number of unbranched alkanes of at least 4 members (excludes halogenated alkanes) is 2. The lowest BCUT2D eigenvalue weighted by atomic mass is 10.1. The number of piperidine rings is 1. The molecular weight excluding hydrogens is 420 g/mol. The van der Waals surface area contributed by atoms with E-state index in [1.54, 1.807) is 11.3 Å². The molecule has 1 aromatic heterocycles. The van der Waals surface area contributed by atoms with Crippen LogP contribution in [0.15, 0.2) is 36.4 Å². The Labute approximate surface area is 194 Å². The van der Waals surface area contributed by atoms with Gasteiger partial charge in [-0.2, -0.15) is 0 Å². The molecule has 5 nitrogen and oxygen atoms in total. The van der Waals surface area contributed by atoms with Gasteiger partial charge in [-0.15, -0.1) is 0 Å². The fourth-order valence-electron chi connectivity index (χ4n) is 4.03. The normalized spacial score (nSPS) is 14.7. The summed E-state index contributed by atoms with van der Waals surface area (Å²) in [5, 5.41) is 0.733. The highest BCUT2D eigenvalue weighted by atomic mass is 32.1. The first-order chi connectivity index (χ1) is 15.5. The predicted octanol–water partition coefficient (Wildman–Crippen LogP) is 6.17. The van der Waals surface area contributed by atoms with Crippen LogP contribution in [-0.2, 0) is 0 Å². The second-order valence-electron chi connectivity index (χ2n) is 8.55. The van der Waals surface area contributed by atoms with E-state index in [1.165, 1.54) is 28.7 Å². The van der Waals surface area contributed by atoms with Crippen LogP contribution in [0.3, 0.4) is 0 Å². The number of ether oxygens (including phenoxy) is 2. The molecule has 0 N–H and O–H groups in total. The zero-order valence-electron chi connectivity index (χ0n) is 19.2. The maximum Gasteiger partial charge on any atom is 0.274 e. The number of thiazole rings is 1. The Hall–Kier alpha value is -2.60. The lowest BCUT2D eigenvalue weighted by molar-refractivity contribution is 0.0595. The van der Waals surface area contributed by atoms with E-state index in [9.17, 15) is 4.79 Å². The van der Waals surface area contributed by atoms with Crippen molar-refractivity contribution in [1.82, 2.24) is 9.88 Å². The first-order valence-corrected chi connectivity index (χ1v) is 12.4. The Morgan fingerprint density at radius 3 is 2.47 bits per heavy atom. The first kappa shape index (κ1) is 22.6. The van der Waals surface area contributed by atoms with Gasteiger partial charge in [0.25, 0.3) is 11.1 Å². The van der Waals surface area contributed by atoms with E-state index in [4.69, 9.17) is 14.5 Å². The molecule has 0 aliphatic carbocycles. The molecule has 1 aliphatic heterocycles. The molecule has 1 amide bonds. The van der Waals surface area contributed by atoms with Gasteiger partial charge in [0.2, 0.25) is 0 Å². The van der Waals surface area contributed by atoms with E-state index >= 15 is 0 Å². The van der Waals surface area contributed by atoms with E-state index in [0.29, 0.717) is 18.7 Å². The molecule has 1 aliphatic rings. The zero-order valence-corrected chi connectivity index (χ0v) is 20.0. The van der Waals surface area contributed by atoms with Gasteiger partial charge >= 0.3 is 0 Å². The minimum absolute atomic E-state index is 0.0761. The van der Waals surface area contributed by atoms with Crippen molar-refractivity contribution in [2.24, 2.45) is 0 Å². The molecule has 170 valence electrons. The van der Waals surface area contributed by atoms with Crippen molar-refractivity contribution in [3.63, 3.8) is 0 Å². The quantitative estimate of drug-likeness (QED) is 0.384. The Morgan fingerprint density at radius 1 is 1.06 bits per heavy atom. The van der Waals surface area contributed by atoms with Crippen molar-refractivity contribution < 1.29 is 14.3 Å². The highest BCUT2D eigenvalue weighted by Crippen LogP contribution is 2.33. The summed E-state index contributed by atoms with van der Waals surface area (Å²) < 4.78 is 13.2. The van der Waals surface area contributed by atoms with Crippen LogP contribution in [0, 0.1) is 13.8 Å². The van der Waals surface area contributed by atoms with E-state index < -0.39 is 0 Å². The number of likely N-dealkylation sites (tertiary alicyclic amines) is 1. The molecule has 0 bridgehead atoms. The molecule has 32 heavy (non-hydrogen) atoms. The Kier molecular flexibility index (Phi) is 7.30. The highest BCUT2D eigenvalue weighted by Gasteiger charge is 2.25. The average molecular weight is 453 g/mol. The fraction of sp³-hybridized carbons (Fsp3) is 0.462. The summed E-state index contributed by atoms with van der Waals surface area (Å²) in [6, 6.07) is 11.8. The monoisotopic (exact) mass is 452 g/mol. The van der Waals surface area contributed by atoms with Crippen LogP contribution < -0.4 is 9.47 Å². The lowest BCUT2D eigenvalue weighted by Gasteiger charge is -2.31. The lowest BCUT2D eigenvalue weighted by Crippen LogP contribution is -2.41. The largest absolute Gasteiger partial charge is 0.494 e. The molecule has 0 radical (unpaired) electrons. The standard InChI is InChI=1S/C26H32N2O3S/c1-4-5-6-17-30-21-11-9-20(10-12-21)25(29)28-15-13-22(14-16-28)31-26-27-23-18(2)7-8-19(3)24(23)32-26/h7-12,22H,4-6,13-17H2,1-3H3. The predicted molar refractivity (Wildman–Crippen MR) is 130 cm³/mol. The van der Waals surface area contributed by atoms with Crippen molar-refractivity contribution in [3.8, 4) is 10.9 Å². The number of benzene rings is 2. The van der Waals surface area contributed by atoms with Gasteiger partial charge in [-0.05, 0) is 55.7 Å². The van der Waals surface area contributed by atoms with Crippen molar-refractivity contribution in [1.29, 1.82) is 0 Å². The van der Waals surface area contributed by atoms with Crippen molar-refractivity contribution in [2.45, 2.75) is 59.0 Å². The number of aromatic nitrogens is 1. The number of amides is 1. The van der Waals surface area contributed by atoms with Crippen molar-refractivity contribution in [2.75, 3.05) is 19.7 Å². The second-order valence-corrected chi connectivity index (χ2v) is 9.51. The summed E-state index contributed by atoms with van der Waals surface area (Å²) in [7, 11) is 0. The van der Waals surface area contributed by atoms with Gasteiger partial charge in [-0.3, -0.25) is 4.79 Å². The van der Waals surface area contributed by atoms with Gasteiger partial charge in [0.15, 0.2) is 0 Å². The molecule has 6 heteroatoms. The molecule has 4 rings (SSSR count). The second kappa shape index (κ2) is 10.3. The maximum atomic E-state index is 12.9. The molecule has 1 fully saturated rings.